The lowest BCUT2D eigenvalue weighted by Gasteiger charge is -2.23. The summed E-state index contributed by atoms with van der Waals surface area (Å²) in [5.74, 6) is 0. The molecule has 0 spiro atoms. The van der Waals surface area contributed by atoms with Crippen molar-refractivity contribution < 1.29 is 0 Å². The summed E-state index contributed by atoms with van der Waals surface area (Å²) in [7, 11) is 0. The highest BCUT2D eigenvalue weighted by Gasteiger charge is 2.13. The Kier molecular flexibility index (Phi) is 3.14. The molecule has 1 aromatic heterocycles. The van der Waals surface area contributed by atoms with Gasteiger partial charge in [-0.25, -0.2) is 0 Å². The molecule has 0 saturated carbocycles. The van der Waals surface area contributed by atoms with Gasteiger partial charge in [0.15, 0.2) is 0 Å². The summed E-state index contributed by atoms with van der Waals surface area (Å²) in [4.78, 5) is 4.39. The van der Waals surface area contributed by atoms with Crippen molar-refractivity contribution in [3.63, 3.8) is 0 Å². The van der Waals surface area contributed by atoms with E-state index in [1.165, 1.54) is 37.1 Å². The molecule has 1 unspecified atom stereocenters. The summed E-state index contributed by atoms with van der Waals surface area (Å²) in [6.45, 7) is 3.30. The van der Waals surface area contributed by atoms with Gasteiger partial charge in [-0.1, -0.05) is 6.42 Å². The zero-order valence-corrected chi connectivity index (χ0v) is 8.79. The van der Waals surface area contributed by atoms with Gasteiger partial charge in [-0.15, -0.1) is 0 Å². The number of nitrogens with zero attached hydrogens (tertiary/aromatic N) is 1. The van der Waals surface area contributed by atoms with E-state index in [-0.39, 0.29) is 0 Å². The van der Waals surface area contributed by atoms with E-state index in [0.29, 0.717) is 6.04 Å². The Morgan fingerprint density at radius 1 is 1.50 bits per heavy atom. The van der Waals surface area contributed by atoms with Crippen LogP contribution >= 0.6 is 0 Å². The molecule has 0 aromatic carbocycles. The highest BCUT2D eigenvalue weighted by atomic mass is 14.9. The summed E-state index contributed by atoms with van der Waals surface area (Å²) < 4.78 is 0. The normalized spacial score (nSPS) is 22.2. The number of pyridine rings is 1. The fourth-order valence-corrected chi connectivity index (χ4v) is 2.06. The minimum atomic E-state index is 0.651. The SMILES string of the molecule is Cc1ccnc(CC2CCCCN2)c1. The Labute approximate surface area is 85.7 Å². The van der Waals surface area contributed by atoms with Crippen molar-refractivity contribution in [2.45, 2.75) is 38.6 Å². The highest BCUT2D eigenvalue weighted by molar-refractivity contribution is 5.15. The quantitative estimate of drug-likeness (QED) is 0.772. The molecular formula is C12H18N2. The van der Waals surface area contributed by atoms with Gasteiger partial charge in [-0.05, 0) is 44.0 Å². The number of hydrogen-bond donors (Lipinski definition) is 1. The molecule has 2 nitrogen and oxygen atoms in total. The first-order chi connectivity index (χ1) is 6.84. The number of aryl methyl sites for hydroxylation is 1. The van der Waals surface area contributed by atoms with Crippen LogP contribution in [0.4, 0.5) is 0 Å². The zero-order valence-electron chi connectivity index (χ0n) is 8.79. The molecule has 76 valence electrons. The molecule has 1 fully saturated rings. The molecule has 0 bridgehead atoms. The predicted molar refractivity (Wildman–Crippen MR) is 58.3 cm³/mol. The lowest BCUT2D eigenvalue weighted by atomic mass is 10.00. The first-order valence-electron chi connectivity index (χ1n) is 5.49. The van der Waals surface area contributed by atoms with Crippen LogP contribution < -0.4 is 5.32 Å². The maximum absolute atomic E-state index is 4.39. The van der Waals surface area contributed by atoms with Crippen LogP contribution in [0.15, 0.2) is 18.3 Å². The van der Waals surface area contributed by atoms with E-state index >= 15 is 0 Å². The van der Waals surface area contributed by atoms with Crippen molar-refractivity contribution in [2.24, 2.45) is 0 Å². The van der Waals surface area contributed by atoms with Crippen molar-refractivity contribution in [3.8, 4) is 0 Å². The maximum Gasteiger partial charge on any atom is 0.0421 e. The van der Waals surface area contributed by atoms with E-state index < -0.39 is 0 Å². The zero-order chi connectivity index (χ0) is 9.80. The predicted octanol–water partition coefficient (Wildman–Crippen LogP) is 2.07. The van der Waals surface area contributed by atoms with Gasteiger partial charge in [0.1, 0.15) is 0 Å². The number of hydrogen-bond acceptors (Lipinski definition) is 2. The molecule has 1 aliphatic heterocycles. The standard InChI is InChI=1S/C12H18N2/c1-10-5-7-14-12(8-10)9-11-4-2-3-6-13-11/h5,7-8,11,13H,2-4,6,9H2,1H3. The van der Waals surface area contributed by atoms with E-state index in [2.05, 4.69) is 29.4 Å². The number of aromatic nitrogens is 1. The second-order valence-electron chi connectivity index (χ2n) is 4.18. The van der Waals surface area contributed by atoms with Crippen molar-refractivity contribution >= 4 is 0 Å². The third-order valence-corrected chi connectivity index (χ3v) is 2.84. The van der Waals surface area contributed by atoms with Crippen molar-refractivity contribution in [2.75, 3.05) is 6.54 Å². The van der Waals surface area contributed by atoms with Crippen LogP contribution in [0, 0.1) is 6.92 Å². The highest BCUT2D eigenvalue weighted by Crippen LogP contribution is 2.11. The van der Waals surface area contributed by atoms with Crippen molar-refractivity contribution in [3.05, 3.63) is 29.6 Å². The Bertz CT molecular complexity index is 290. The van der Waals surface area contributed by atoms with E-state index in [4.69, 9.17) is 0 Å². The van der Waals surface area contributed by atoms with Gasteiger partial charge >= 0.3 is 0 Å². The van der Waals surface area contributed by atoms with Crippen LogP contribution in [0.25, 0.3) is 0 Å². The molecular weight excluding hydrogens is 172 g/mol. The minimum absolute atomic E-state index is 0.651. The van der Waals surface area contributed by atoms with Crippen LogP contribution in [0.5, 0.6) is 0 Å². The number of piperidine rings is 1. The van der Waals surface area contributed by atoms with Crippen molar-refractivity contribution in [1.29, 1.82) is 0 Å². The van der Waals surface area contributed by atoms with Crippen LogP contribution in [0.2, 0.25) is 0 Å². The van der Waals surface area contributed by atoms with Gasteiger partial charge in [-0.2, -0.15) is 0 Å². The van der Waals surface area contributed by atoms with Crippen LogP contribution in [0.3, 0.4) is 0 Å². The topological polar surface area (TPSA) is 24.9 Å². The van der Waals surface area contributed by atoms with Gasteiger partial charge < -0.3 is 5.32 Å². The molecule has 2 rings (SSSR count). The Morgan fingerprint density at radius 3 is 3.14 bits per heavy atom. The molecule has 1 saturated heterocycles. The first-order valence-corrected chi connectivity index (χ1v) is 5.49. The van der Waals surface area contributed by atoms with E-state index in [9.17, 15) is 0 Å². The third-order valence-electron chi connectivity index (χ3n) is 2.84. The maximum atomic E-state index is 4.39. The third kappa shape index (κ3) is 2.55. The van der Waals surface area contributed by atoms with Gasteiger partial charge in [0.25, 0.3) is 0 Å². The summed E-state index contributed by atoms with van der Waals surface area (Å²) in [6, 6.07) is 4.90. The number of nitrogens with one attached hydrogen (secondary N) is 1. The Balaban J connectivity index is 1.95. The first kappa shape index (κ1) is 9.66. The average molecular weight is 190 g/mol. The lowest BCUT2D eigenvalue weighted by Crippen LogP contribution is -2.35. The summed E-state index contributed by atoms with van der Waals surface area (Å²) in [6.07, 6.45) is 6.99. The molecule has 0 amide bonds. The lowest BCUT2D eigenvalue weighted by molar-refractivity contribution is 0.397. The second kappa shape index (κ2) is 4.56. The van der Waals surface area contributed by atoms with Crippen LogP contribution in [0.1, 0.15) is 30.5 Å². The molecule has 1 aliphatic rings. The fourth-order valence-electron chi connectivity index (χ4n) is 2.06. The summed E-state index contributed by atoms with van der Waals surface area (Å²) >= 11 is 0. The molecule has 2 heteroatoms. The number of rotatable bonds is 2. The molecule has 1 aromatic rings. The molecule has 14 heavy (non-hydrogen) atoms. The van der Waals surface area contributed by atoms with Crippen LogP contribution in [-0.2, 0) is 6.42 Å². The van der Waals surface area contributed by atoms with Gasteiger partial charge in [0.2, 0.25) is 0 Å². The molecule has 0 radical (unpaired) electrons. The fraction of sp³-hybridized carbons (Fsp3) is 0.583. The Hall–Kier alpha value is -0.890. The second-order valence-corrected chi connectivity index (χ2v) is 4.18. The molecule has 1 atom stereocenters. The van der Waals surface area contributed by atoms with Crippen molar-refractivity contribution in [1.82, 2.24) is 10.3 Å². The monoisotopic (exact) mass is 190 g/mol. The minimum Gasteiger partial charge on any atom is -0.314 e. The van der Waals surface area contributed by atoms with Gasteiger partial charge in [-0.3, -0.25) is 4.98 Å². The summed E-state index contributed by atoms with van der Waals surface area (Å²) in [5, 5.41) is 3.55. The Morgan fingerprint density at radius 2 is 2.43 bits per heavy atom. The molecule has 2 heterocycles. The molecule has 0 aliphatic carbocycles. The van der Waals surface area contributed by atoms with E-state index in [1.807, 2.05) is 6.20 Å². The van der Waals surface area contributed by atoms with E-state index in [0.717, 1.165) is 6.42 Å². The van der Waals surface area contributed by atoms with E-state index in [1.54, 1.807) is 0 Å². The average Bonchev–Trinajstić information content (AvgIpc) is 2.19. The molecule has 1 N–H and O–H groups in total. The van der Waals surface area contributed by atoms with Gasteiger partial charge in [0.05, 0.1) is 0 Å². The van der Waals surface area contributed by atoms with Gasteiger partial charge in [0, 0.05) is 24.4 Å². The summed E-state index contributed by atoms with van der Waals surface area (Å²) in [5.41, 5.74) is 2.54. The largest absolute Gasteiger partial charge is 0.314 e. The smallest absolute Gasteiger partial charge is 0.0421 e. The van der Waals surface area contributed by atoms with Crippen LogP contribution in [-0.4, -0.2) is 17.6 Å².